The molecule has 4 rings (SSSR count). The van der Waals surface area contributed by atoms with Crippen molar-refractivity contribution in [1.29, 1.82) is 10.7 Å². The smallest absolute Gasteiger partial charge is 0.337 e. The van der Waals surface area contributed by atoms with Crippen LogP contribution in [-0.4, -0.2) is 34.1 Å². The van der Waals surface area contributed by atoms with Crippen LogP contribution in [0.1, 0.15) is 29.8 Å². The molecule has 0 radical (unpaired) electrons. The maximum Gasteiger partial charge on any atom is 0.337 e. The lowest BCUT2D eigenvalue weighted by Gasteiger charge is -2.21. The monoisotopic (exact) mass is 375 g/mol. The van der Waals surface area contributed by atoms with Crippen LogP contribution in [0.2, 0.25) is 0 Å². The number of carboxylic acid groups (broad SMARTS) is 1. The number of aromatic carboxylic acids is 1. The number of aromatic amines is 1. The van der Waals surface area contributed by atoms with Gasteiger partial charge in [0.05, 0.1) is 16.5 Å². The SMILES string of the molecule is CCN(CC)c1ccc2c(c1)oc1nc(=N)c(C#N)c3[nH]cc(C(=O)O)c2c13. The molecule has 3 N–H and O–H groups in total. The number of carboxylic acids is 1. The number of nitriles is 1. The summed E-state index contributed by atoms with van der Waals surface area (Å²) in [5.74, 6) is -1.10. The quantitative estimate of drug-likeness (QED) is 0.370. The molecule has 28 heavy (non-hydrogen) atoms. The Bertz CT molecular complexity index is 1360. The van der Waals surface area contributed by atoms with Gasteiger partial charge >= 0.3 is 5.97 Å². The van der Waals surface area contributed by atoms with Gasteiger partial charge in [0.25, 0.3) is 0 Å². The number of H-pyrrole nitrogens is 1. The summed E-state index contributed by atoms with van der Waals surface area (Å²) in [7, 11) is 0. The summed E-state index contributed by atoms with van der Waals surface area (Å²) < 4.78 is 5.96. The lowest BCUT2D eigenvalue weighted by atomic mass is 10.0. The Morgan fingerprint density at radius 2 is 2.11 bits per heavy atom. The molecule has 0 atom stereocenters. The average molecular weight is 375 g/mol. The van der Waals surface area contributed by atoms with Gasteiger partial charge in [-0.15, -0.1) is 0 Å². The van der Waals surface area contributed by atoms with Crippen molar-refractivity contribution in [3.05, 3.63) is 41.0 Å². The van der Waals surface area contributed by atoms with Crippen LogP contribution in [0.3, 0.4) is 0 Å². The molecule has 1 aromatic carbocycles. The summed E-state index contributed by atoms with van der Waals surface area (Å²) in [6.07, 6.45) is 1.34. The van der Waals surface area contributed by atoms with E-state index >= 15 is 0 Å². The highest BCUT2D eigenvalue weighted by atomic mass is 16.4. The Balaban J connectivity index is 2.24. The van der Waals surface area contributed by atoms with Crippen LogP contribution < -0.4 is 10.4 Å². The van der Waals surface area contributed by atoms with Gasteiger partial charge in [0.15, 0.2) is 5.49 Å². The lowest BCUT2D eigenvalue weighted by Crippen LogP contribution is -2.21. The summed E-state index contributed by atoms with van der Waals surface area (Å²) in [6.45, 7) is 5.74. The molecule has 3 aromatic heterocycles. The lowest BCUT2D eigenvalue weighted by molar-refractivity contribution is 0.0699. The van der Waals surface area contributed by atoms with Gasteiger partial charge in [-0.25, -0.2) is 4.79 Å². The molecule has 0 aliphatic carbocycles. The number of carbonyl (C=O) groups is 1. The van der Waals surface area contributed by atoms with Gasteiger partial charge in [-0.3, -0.25) is 5.41 Å². The first-order valence-electron chi connectivity index (χ1n) is 8.84. The van der Waals surface area contributed by atoms with Crippen molar-refractivity contribution in [2.45, 2.75) is 13.8 Å². The summed E-state index contributed by atoms with van der Waals surface area (Å²) in [5.41, 5.74) is 1.76. The van der Waals surface area contributed by atoms with Crippen molar-refractivity contribution < 1.29 is 14.3 Å². The predicted octanol–water partition coefficient (Wildman–Crippen LogP) is 3.36. The second-order valence-electron chi connectivity index (χ2n) is 6.34. The summed E-state index contributed by atoms with van der Waals surface area (Å²) in [5, 5.41) is 28.6. The number of rotatable bonds is 4. The van der Waals surface area contributed by atoms with Crippen molar-refractivity contribution in [2.75, 3.05) is 18.0 Å². The van der Waals surface area contributed by atoms with E-state index in [1.165, 1.54) is 6.20 Å². The molecule has 0 saturated heterocycles. The third-order valence-corrected chi connectivity index (χ3v) is 4.96. The number of nitrogens with one attached hydrogen (secondary N) is 2. The van der Waals surface area contributed by atoms with Crippen LogP contribution in [0.5, 0.6) is 0 Å². The molecule has 0 aliphatic heterocycles. The standard InChI is InChI=1S/C20H17N5O3/c1-3-25(4-2)10-5-6-11-14(7-10)28-19-16-15(11)13(20(26)27)9-23-17(16)12(8-21)18(22)24-19/h5-7,9,22-23H,3-4H2,1-2H3,(H,26,27). The average Bonchev–Trinajstić information content (AvgIpc) is 2.68. The van der Waals surface area contributed by atoms with E-state index in [0.717, 1.165) is 18.8 Å². The van der Waals surface area contributed by atoms with Crippen LogP contribution in [0, 0.1) is 16.7 Å². The fourth-order valence-electron chi connectivity index (χ4n) is 3.61. The van der Waals surface area contributed by atoms with E-state index < -0.39 is 5.97 Å². The van der Waals surface area contributed by atoms with Crippen LogP contribution in [0.25, 0.3) is 33.0 Å². The summed E-state index contributed by atoms with van der Waals surface area (Å²) in [4.78, 5) is 21.0. The largest absolute Gasteiger partial charge is 0.478 e. The summed E-state index contributed by atoms with van der Waals surface area (Å²) in [6, 6.07) is 7.56. The van der Waals surface area contributed by atoms with Gasteiger partial charge in [-0.05, 0) is 26.0 Å². The van der Waals surface area contributed by atoms with Crippen molar-refractivity contribution >= 4 is 44.6 Å². The molecule has 0 saturated carbocycles. The second-order valence-corrected chi connectivity index (χ2v) is 6.34. The Kier molecular flexibility index (Phi) is 4.00. The minimum atomic E-state index is -1.10. The number of anilines is 1. The van der Waals surface area contributed by atoms with E-state index in [1.807, 2.05) is 24.3 Å². The van der Waals surface area contributed by atoms with Gasteiger partial charge in [0.2, 0.25) is 5.71 Å². The Morgan fingerprint density at radius 3 is 2.75 bits per heavy atom. The zero-order valence-electron chi connectivity index (χ0n) is 15.3. The maximum absolute atomic E-state index is 11.9. The zero-order chi connectivity index (χ0) is 20.0. The minimum absolute atomic E-state index is 0.0451. The molecule has 4 aromatic rings. The number of aromatic nitrogens is 2. The third-order valence-electron chi connectivity index (χ3n) is 4.96. The molecule has 0 aliphatic rings. The van der Waals surface area contributed by atoms with Crippen LogP contribution in [0.4, 0.5) is 5.69 Å². The molecule has 8 nitrogen and oxygen atoms in total. The first-order valence-corrected chi connectivity index (χ1v) is 8.84. The van der Waals surface area contributed by atoms with E-state index in [-0.39, 0.29) is 22.3 Å². The Morgan fingerprint density at radius 1 is 1.36 bits per heavy atom. The third kappa shape index (κ3) is 2.41. The fourth-order valence-corrected chi connectivity index (χ4v) is 3.61. The highest BCUT2D eigenvalue weighted by Gasteiger charge is 2.21. The van der Waals surface area contributed by atoms with Crippen molar-refractivity contribution in [3.63, 3.8) is 0 Å². The highest BCUT2D eigenvalue weighted by Crippen LogP contribution is 2.35. The van der Waals surface area contributed by atoms with Gasteiger partial charge < -0.3 is 19.4 Å². The predicted molar refractivity (Wildman–Crippen MR) is 104 cm³/mol. The minimum Gasteiger partial charge on any atom is -0.478 e. The van der Waals surface area contributed by atoms with Crippen molar-refractivity contribution in [2.24, 2.45) is 0 Å². The van der Waals surface area contributed by atoms with E-state index in [2.05, 4.69) is 28.7 Å². The molecule has 0 amide bonds. The number of hydrogen-bond donors (Lipinski definition) is 3. The van der Waals surface area contributed by atoms with Gasteiger partial charge in [-0.1, -0.05) is 0 Å². The number of nitrogens with zero attached hydrogens (tertiary/aromatic N) is 3. The fraction of sp³-hybridized carbons (Fsp3) is 0.200. The molecular weight excluding hydrogens is 358 g/mol. The number of fused-ring (bicyclic) bond motifs is 2. The molecule has 0 bridgehead atoms. The summed E-state index contributed by atoms with van der Waals surface area (Å²) >= 11 is 0. The topological polar surface area (TPSA) is 130 Å². The molecule has 140 valence electrons. The highest BCUT2D eigenvalue weighted by molar-refractivity contribution is 6.22. The first-order chi connectivity index (χ1) is 13.5. The van der Waals surface area contributed by atoms with E-state index in [4.69, 9.17) is 9.83 Å². The van der Waals surface area contributed by atoms with Crippen LogP contribution >= 0.6 is 0 Å². The zero-order valence-corrected chi connectivity index (χ0v) is 15.3. The van der Waals surface area contributed by atoms with Crippen molar-refractivity contribution in [3.8, 4) is 6.07 Å². The van der Waals surface area contributed by atoms with E-state index in [1.54, 1.807) is 0 Å². The second kappa shape index (κ2) is 6.39. The van der Waals surface area contributed by atoms with Crippen molar-refractivity contribution in [1.82, 2.24) is 9.97 Å². The number of pyridine rings is 2. The normalized spacial score (nSPS) is 11.2. The Labute approximate surface area is 159 Å². The maximum atomic E-state index is 11.9. The molecule has 0 spiro atoms. The molecule has 3 heterocycles. The molecule has 0 unspecified atom stereocenters. The molecular formula is C20H17N5O3. The first kappa shape index (κ1) is 17.5. The van der Waals surface area contributed by atoms with Gasteiger partial charge in [-0.2, -0.15) is 10.2 Å². The van der Waals surface area contributed by atoms with Gasteiger partial charge in [0, 0.05) is 41.8 Å². The van der Waals surface area contributed by atoms with E-state index in [9.17, 15) is 15.2 Å². The number of hydrogen-bond acceptors (Lipinski definition) is 6. The van der Waals surface area contributed by atoms with Crippen LogP contribution in [-0.2, 0) is 0 Å². The van der Waals surface area contributed by atoms with E-state index in [0.29, 0.717) is 27.3 Å². The molecule has 8 heteroatoms. The van der Waals surface area contributed by atoms with Gasteiger partial charge in [0.1, 0.15) is 17.2 Å². The molecule has 0 fully saturated rings. The number of benzene rings is 1. The Hall–Kier alpha value is -3.86. The van der Waals surface area contributed by atoms with Crippen LogP contribution in [0.15, 0.2) is 28.8 Å².